The van der Waals surface area contributed by atoms with Crippen molar-refractivity contribution >= 4 is 27.5 Å². The van der Waals surface area contributed by atoms with E-state index in [0.29, 0.717) is 12.1 Å². The minimum Gasteiger partial charge on any atom is -0.381 e. The Kier molecular flexibility index (Phi) is 3.99. The van der Waals surface area contributed by atoms with Gasteiger partial charge in [-0.15, -0.1) is 0 Å². The number of hydrogen-bond acceptors (Lipinski definition) is 2. The molecule has 0 aromatic heterocycles. The zero-order valence-electron chi connectivity index (χ0n) is 9.69. The lowest BCUT2D eigenvalue weighted by Gasteiger charge is -2.09. The van der Waals surface area contributed by atoms with Crippen LogP contribution in [0.15, 0.2) is 53.0 Å². The highest BCUT2D eigenvalue weighted by atomic mass is 79.9. The summed E-state index contributed by atoms with van der Waals surface area (Å²) in [4.78, 5) is 11.3. The Morgan fingerprint density at radius 2 is 1.78 bits per heavy atom. The third-order valence-corrected chi connectivity index (χ3v) is 3.14. The maximum Gasteiger partial charge on any atom is 0.249 e. The third kappa shape index (κ3) is 3.11. The second-order valence-electron chi connectivity index (χ2n) is 3.88. The van der Waals surface area contributed by atoms with E-state index in [1.165, 1.54) is 0 Å². The predicted molar refractivity (Wildman–Crippen MR) is 76.4 cm³/mol. The van der Waals surface area contributed by atoms with E-state index >= 15 is 0 Å². The number of hydrogen-bond donors (Lipinski definition) is 2. The number of rotatable bonds is 4. The molecule has 0 saturated heterocycles. The molecular formula is C14H13BrN2O. The number of amides is 1. The number of nitrogens with two attached hydrogens (primary N) is 1. The van der Waals surface area contributed by atoms with Crippen molar-refractivity contribution < 1.29 is 4.79 Å². The average Bonchev–Trinajstić information content (AvgIpc) is 2.38. The van der Waals surface area contributed by atoms with E-state index in [-0.39, 0.29) is 0 Å². The molecule has 3 nitrogen and oxygen atoms in total. The Labute approximate surface area is 114 Å². The molecular weight excluding hydrogens is 292 g/mol. The number of primary amides is 1. The van der Waals surface area contributed by atoms with Gasteiger partial charge in [-0.3, -0.25) is 4.79 Å². The van der Waals surface area contributed by atoms with E-state index in [0.717, 1.165) is 15.7 Å². The zero-order valence-corrected chi connectivity index (χ0v) is 11.3. The van der Waals surface area contributed by atoms with Crippen molar-refractivity contribution in [1.82, 2.24) is 0 Å². The van der Waals surface area contributed by atoms with Crippen LogP contribution >= 0.6 is 15.9 Å². The molecule has 18 heavy (non-hydrogen) atoms. The molecule has 1 amide bonds. The molecule has 0 aliphatic rings. The maximum atomic E-state index is 11.3. The van der Waals surface area contributed by atoms with Gasteiger partial charge < -0.3 is 11.1 Å². The summed E-state index contributed by atoms with van der Waals surface area (Å²) in [5, 5.41) is 3.25. The lowest BCUT2D eigenvalue weighted by molar-refractivity contribution is 0.0999. The molecule has 0 spiro atoms. The summed E-state index contributed by atoms with van der Waals surface area (Å²) in [7, 11) is 0. The average molecular weight is 305 g/mol. The summed E-state index contributed by atoms with van der Waals surface area (Å²) in [5.41, 5.74) is 7.78. The smallest absolute Gasteiger partial charge is 0.249 e. The minimum atomic E-state index is -0.400. The molecule has 4 heteroatoms. The van der Waals surface area contributed by atoms with Crippen LogP contribution in [0.25, 0.3) is 0 Å². The van der Waals surface area contributed by atoms with Crippen molar-refractivity contribution in [3.05, 3.63) is 64.1 Å². The summed E-state index contributed by atoms with van der Waals surface area (Å²) >= 11 is 3.38. The van der Waals surface area contributed by atoms with Crippen LogP contribution in [0.4, 0.5) is 5.69 Å². The third-order valence-electron chi connectivity index (χ3n) is 2.61. The molecule has 3 N–H and O–H groups in total. The predicted octanol–water partition coefficient (Wildman–Crippen LogP) is 3.16. The highest BCUT2D eigenvalue weighted by Gasteiger charge is 2.06. The molecule has 0 bridgehead atoms. The van der Waals surface area contributed by atoms with Crippen molar-refractivity contribution in [1.29, 1.82) is 0 Å². The summed E-state index contributed by atoms with van der Waals surface area (Å²) in [6.07, 6.45) is 0. The highest BCUT2D eigenvalue weighted by molar-refractivity contribution is 9.10. The normalized spacial score (nSPS) is 10.1. The van der Waals surface area contributed by atoms with E-state index < -0.39 is 5.91 Å². The van der Waals surface area contributed by atoms with Crippen molar-refractivity contribution in [3.8, 4) is 0 Å². The fourth-order valence-corrected chi connectivity index (χ4v) is 1.94. The molecule has 0 atom stereocenters. The highest BCUT2D eigenvalue weighted by Crippen LogP contribution is 2.16. The number of carbonyl (C=O) groups excluding carboxylic acids is 1. The van der Waals surface area contributed by atoms with Crippen LogP contribution in [0.1, 0.15) is 15.9 Å². The Balaban J connectivity index is 2.10. The molecule has 0 radical (unpaired) electrons. The Hall–Kier alpha value is -1.81. The number of halogens is 1. The van der Waals surface area contributed by atoms with Gasteiger partial charge in [0.05, 0.1) is 0 Å². The standard InChI is InChI=1S/C14H13BrN2O/c15-11-5-7-12(8-6-11)17-9-10-3-1-2-4-13(10)14(16)18/h1-8,17H,9H2,(H2,16,18). The van der Waals surface area contributed by atoms with Gasteiger partial charge in [0.1, 0.15) is 0 Å². The van der Waals surface area contributed by atoms with Gasteiger partial charge in [-0.05, 0) is 35.9 Å². The lowest BCUT2D eigenvalue weighted by Crippen LogP contribution is -2.15. The number of nitrogens with one attached hydrogen (secondary N) is 1. The zero-order chi connectivity index (χ0) is 13.0. The van der Waals surface area contributed by atoms with Crippen LogP contribution in [0, 0.1) is 0 Å². The Bertz CT molecular complexity index is 552. The first kappa shape index (κ1) is 12.6. The van der Waals surface area contributed by atoms with Gasteiger partial charge in [0, 0.05) is 22.3 Å². The molecule has 0 aliphatic carbocycles. The van der Waals surface area contributed by atoms with Crippen LogP contribution in [0.5, 0.6) is 0 Å². The van der Waals surface area contributed by atoms with Gasteiger partial charge in [-0.1, -0.05) is 34.1 Å². The quantitative estimate of drug-likeness (QED) is 0.911. The Morgan fingerprint density at radius 1 is 1.11 bits per heavy atom. The topological polar surface area (TPSA) is 55.1 Å². The van der Waals surface area contributed by atoms with Crippen molar-refractivity contribution in [2.45, 2.75) is 6.54 Å². The monoisotopic (exact) mass is 304 g/mol. The van der Waals surface area contributed by atoms with Crippen molar-refractivity contribution in [3.63, 3.8) is 0 Å². The molecule has 92 valence electrons. The first-order chi connectivity index (χ1) is 8.66. The number of benzene rings is 2. The van der Waals surface area contributed by atoms with Gasteiger partial charge >= 0.3 is 0 Å². The van der Waals surface area contributed by atoms with Crippen molar-refractivity contribution in [2.75, 3.05) is 5.32 Å². The number of anilines is 1. The van der Waals surface area contributed by atoms with E-state index in [2.05, 4.69) is 21.2 Å². The fourth-order valence-electron chi connectivity index (χ4n) is 1.68. The summed E-state index contributed by atoms with van der Waals surface area (Å²) in [5.74, 6) is -0.400. The van der Waals surface area contributed by atoms with Crippen LogP contribution in [-0.2, 0) is 6.54 Å². The number of carbonyl (C=O) groups is 1. The SMILES string of the molecule is NC(=O)c1ccccc1CNc1ccc(Br)cc1. The second kappa shape index (κ2) is 5.69. The van der Waals surface area contributed by atoms with Gasteiger partial charge in [0.25, 0.3) is 0 Å². The van der Waals surface area contributed by atoms with Gasteiger partial charge in [0.2, 0.25) is 5.91 Å². The minimum absolute atomic E-state index is 0.400. The van der Waals surface area contributed by atoms with Crippen LogP contribution in [0.3, 0.4) is 0 Å². The van der Waals surface area contributed by atoms with E-state index in [1.807, 2.05) is 42.5 Å². The molecule has 2 aromatic rings. The van der Waals surface area contributed by atoms with Crippen LogP contribution in [0.2, 0.25) is 0 Å². The maximum absolute atomic E-state index is 11.3. The molecule has 0 saturated carbocycles. The first-order valence-corrected chi connectivity index (χ1v) is 6.33. The van der Waals surface area contributed by atoms with E-state index in [4.69, 9.17) is 5.73 Å². The molecule has 0 aliphatic heterocycles. The van der Waals surface area contributed by atoms with Crippen molar-refractivity contribution in [2.24, 2.45) is 5.73 Å². The van der Waals surface area contributed by atoms with Crippen LogP contribution < -0.4 is 11.1 Å². The summed E-state index contributed by atoms with van der Waals surface area (Å²) in [6, 6.07) is 15.2. The molecule has 2 aromatic carbocycles. The largest absolute Gasteiger partial charge is 0.381 e. The van der Waals surface area contributed by atoms with E-state index in [1.54, 1.807) is 6.07 Å². The lowest BCUT2D eigenvalue weighted by atomic mass is 10.1. The van der Waals surface area contributed by atoms with E-state index in [9.17, 15) is 4.79 Å². The van der Waals surface area contributed by atoms with Gasteiger partial charge in [-0.25, -0.2) is 0 Å². The second-order valence-corrected chi connectivity index (χ2v) is 4.80. The fraction of sp³-hybridized carbons (Fsp3) is 0.0714. The van der Waals surface area contributed by atoms with Gasteiger partial charge in [0.15, 0.2) is 0 Å². The van der Waals surface area contributed by atoms with Crippen LogP contribution in [-0.4, -0.2) is 5.91 Å². The molecule has 0 fully saturated rings. The molecule has 2 rings (SSSR count). The Morgan fingerprint density at radius 3 is 2.44 bits per heavy atom. The summed E-state index contributed by atoms with van der Waals surface area (Å²) < 4.78 is 1.03. The molecule has 0 unspecified atom stereocenters. The van der Waals surface area contributed by atoms with Gasteiger partial charge in [-0.2, -0.15) is 0 Å². The molecule has 0 heterocycles. The first-order valence-electron chi connectivity index (χ1n) is 5.54. The summed E-state index contributed by atoms with van der Waals surface area (Å²) in [6.45, 7) is 0.570.